The highest BCUT2D eigenvalue weighted by atomic mass is 32.1. The summed E-state index contributed by atoms with van der Waals surface area (Å²) in [5.41, 5.74) is 1.90. The van der Waals surface area contributed by atoms with Crippen LogP contribution >= 0.6 is 11.3 Å². The van der Waals surface area contributed by atoms with Gasteiger partial charge in [0.25, 0.3) is 5.91 Å². The Morgan fingerprint density at radius 2 is 2.04 bits per heavy atom. The maximum atomic E-state index is 12.9. The molecular weight excluding hydrogens is 329 g/mol. The van der Waals surface area contributed by atoms with Crippen LogP contribution in [0.25, 0.3) is 0 Å². The van der Waals surface area contributed by atoms with Crippen LogP contribution in [0.2, 0.25) is 0 Å². The predicted molar refractivity (Wildman–Crippen MR) is 90.0 cm³/mol. The van der Waals surface area contributed by atoms with Crippen molar-refractivity contribution in [2.45, 2.75) is 13.5 Å². The van der Waals surface area contributed by atoms with Crippen molar-refractivity contribution in [1.82, 2.24) is 9.78 Å². The molecule has 0 atom stereocenters. The number of halogens is 1. The summed E-state index contributed by atoms with van der Waals surface area (Å²) in [5, 5.41) is 8.56. The Hall–Kier alpha value is -2.80. The van der Waals surface area contributed by atoms with Crippen LogP contribution in [0.15, 0.2) is 48.1 Å². The monoisotopic (exact) mass is 343 g/mol. The third-order valence-corrected chi connectivity index (χ3v) is 4.39. The van der Waals surface area contributed by atoms with E-state index in [0.717, 1.165) is 5.56 Å². The predicted octanol–water partition coefficient (Wildman–Crippen LogP) is 3.59. The number of thiophene rings is 1. The SMILES string of the molecule is CC(=O)c1cc(C(=O)Nc2cnn(Cc3ccc(F)cc3)c2)cs1. The summed E-state index contributed by atoms with van der Waals surface area (Å²) >= 11 is 1.24. The Balaban J connectivity index is 1.65. The number of amides is 1. The zero-order chi connectivity index (χ0) is 17.1. The molecule has 0 fully saturated rings. The molecule has 1 aromatic carbocycles. The minimum Gasteiger partial charge on any atom is -0.319 e. The molecule has 0 bridgehead atoms. The van der Waals surface area contributed by atoms with Gasteiger partial charge in [0.1, 0.15) is 5.82 Å². The third-order valence-electron chi connectivity index (χ3n) is 3.36. The molecule has 3 rings (SSSR count). The van der Waals surface area contributed by atoms with Crippen molar-refractivity contribution < 1.29 is 14.0 Å². The minimum absolute atomic E-state index is 0.0637. The lowest BCUT2D eigenvalue weighted by atomic mass is 10.2. The molecule has 0 saturated carbocycles. The summed E-state index contributed by atoms with van der Waals surface area (Å²) in [4.78, 5) is 24.0. The van der Waals surface area contributed by atoms with Crippen molar-refractivity contribution >= 4 is 28.7 Å². The van der Waals surface area contributed by atoms with Crippen LogP contribution in [0.5, 0.6) is 0 Å². The van der Waals surface area contributed by atoms with E-state index in [0.29, 0.717) is 22.7 Å². The molecular formula is C17H14FN3O2S. The number of nitrogens with one attached hydrogen (secondary N) is 1. The van der Waals surface area contributed by atoms with E-state index in [1.807, 2.05) is 0 Å². The molecule has 1 amide bonds. The Morgan fingerprint density at radius 1 is 1.29 bits per heavy atom. The second-order valence-electron chi connectivity index (χ2n) is 5.26. The van der Waals surface area contributed by atoms with Gasteiger partial charge < -0.3 is 5.32 Å². The van der Waals surface area contributed by atoms with Crippen LogP contribution in [0, 0.1) is 5.82 Å². The standard InChI is InChI=1S/C17H14FN3O2S/c1-11(22)16-6-13(10-24-16)17(23)20-15-7-19-21(9-15)8-12-2-4-14(18)5-3-12/h2-7,9-10H,8H2,1H3,(H,20,23). The van der Waals surface area contributed by atoms with E-state index in [-0.39, 0.29) is 17.5 Å². The molecule has 0 saturated heterocycles. The van der Waals surface area contributed by atoms with Crippen LogP contribution in [0.4, 0.5) is 10.1 Å². The van der Waals surface area contributed by atoms with Gasteiger partial charge in [0.2, 0.25) is 0 Å². The third kappa shape index (κ3) is 3.75. The summed E-state index contributed by atoms with van der Waals surface area (Å²) in [7, 11) is 0. The Labute approximate surface area is 141 Å². The van der Waals surface area contributed by atoms with Gasteiger partial charge in [-0.2, -0.15) is 5.10 Å². The molecule has 0 unspecified atom stereocenters. The number of carbonyl (C=O) groups excluding carboxylic acids is 2. The van der Waals surface area contributed by atoms with Crippen molar-refractivity contribution in [2.75, 3.05) is 5.32 Å². The number of aromatic nitrogens is 2. The number of Topliss-reactive ketones (excluding diaryl/α,β-unsaturated/α-hetero) is 1. The van der Waals surface area contributed by atoms with Gasteiger partial charge in [-0.25, -0.2) is 4.39 Å². The minimum atomic E-state index is -0.292. The van der Waals surface area contributed by atoms with Gasteiger partial charge in [-0.1, -0.05) is 12.1 Å². The number of anilines is 1. The first-order valence-electron chi connectivity index (χ1n) is 7.19. The van der Waals surface area contributed by atoms with E-state index in [4.69, 9.17) is 0 Å². The molecule has 2 heterocycles. The van der Waals surface area contributed by atoms with Gasteiger partial charge in [0.05, 0.1) is 28.9 Å². The van der Waals surface area contributed by atoms with Gasteiger partial charge in [0.15, 0.2) is 5.78 Å². The quantitative estimate of drug-likeness (QED) is 0.720. The van der Waals surface area contributed by atoms with Gasteiger partial charge >= 0.3 is 0 Å². The first-order chi connectivity index (χ1) is 11.5. The first-order valence-corrected chi connectivity index (χ1v) is 8.07. The molecule has 0 spiro atoms. The molecule has 24 heavy (non-hydrogen) atoms. The van der Waals surface area contributed by atoms with Crippen molar-refractivity contribution in [3.05, 3.63) is 69.9 Å². The van der Waals surface area contributed by atoms with Crippen molar-refractivity contribution in [1.29, 1.82) is 0 Å². The van der Waals surface area contributed by atoms with Gasteiger partial charge in [-0.05, 0) is 30.7 Å². The van der Waals surface area contributed by atoms with Gasteiger partial charge in [-0.3, -0.25) is 14.3 Å². The molecule has 5 nitrogen and oxygen atoms in total. The van der Waals surface area contributed by atoms with E-state index in [2.05, 4.69) is 10.4 Å². The lowest BCUT2D eigenvalue weighted by molar-refractivity contribution is 0.102. The zero-order valence-corrected chi connectivity index (χ0v) is 13.6. The van der Waals surface area contributed by atoms with Crippen molar-refractivity contribution in [3.63, 3.8) is 0 Å². The van der Waals surface area contributed by atoms with Gasteiger partial charge in [0, 0.05) is 11.6 Å². The molecule has 3 aromatic rings. The lowest BCUT2D eigenvalue weighted by Gasteiger charge is -2.02. The highest BCUT2D eigenvalue weighted by molar-refractivity contribution is 7.12. The average molecular weight is 343 g/mol. The summed E-state index contributed by atoms with van der Waals surface area (Å²) in [6, 6.07) is 7.73. The summed E-state index contributed by atoms with van der Waals surface area (Å²) in [6.45, 7) is 1.94. The Morgan fingerprint density at radius 3 is 2.71 bits per heavy atom. The van der Waals surface area contributed by atoms with E-state index >= 15 is 0 Å². The normalized spacial score (nSPS) is 10.6. The lowest BCUT2D eigenvalue weighted by Crippen LogP contribution is -2.10. The fourth-order valence-electron chi connectivity index (χ4n) is 2.13. The molecule has 7 heteroatoms. The van der Waals surface area contributed by atoms with Gasteiger partial charge in [-0.15, -0.1) is 11.3 Å². The number of carbonyl (C=O) groups is 2. The number of benzene rings is 1. The van der Waals surface area contributed by atoms with E-state index in [1.54, 1.807) is 40.7 Å². The fourth-order valence-corrected chi connectivity index (χ4v) is 2.92. The molecule has 0 radical (unpaired) electrons. The molecule has 1 N–H and O–H groups in total. The topological polar surface area (TPSA) is 64.0 Å². The van der Waals surface area contributed by atoms with E-state index < -0.39 is 0 Å². The Kier molecular flexibility index (Phi) is 4.52. The highest BCUT2D eigenvalue weighted by Gasteiger charge is 2.12. The van der Waals surface area contributed by atoms with Crippen LogP contribution in [0.1, 0.15) is 32.5 Å². The second kappa shape index (κ2) is 6.76. The van der Waals surface area contributed by atoms with E-state index in [9.17, 15) is 14.0 Å². The highest BCUT2D eigenvalue weighted by Crippen LogP contribution is 2.17. The van der Waals surface area contributed by atoms with Crippen LogP contribution in [-0.4, -0.2) is 21.5 Å². The number of ketones is 1. The maximum absolute atomic E-state index is 12.9. The molecule has 0 aliphatic carbocycles. The van der Waals surface area contributed by atoms with E-state index in [1.165, 1.54) is 30.4 Å². The summed E-state index contributed by atoms with van der Waals surface area (Å²) in [6.07, 6.45) is 3.24. The summed E-state index contributed by atoms with van der Waals surface area (Å²) in [5.74, 6) is -0.640. The molecule has 2 aromatic heterocycles. The number of rotatable bonds is 5. The Bertz CT molecular complexity index is 883. The van der Waals surface area contributed by atoms with Crippen molar-refractivity contribution in [2.24, 2.45) is 0 Å². The van der Waals surface area contributed by atoms with Crippen LogP contribution in [0.3, 0.4) is 0 Å². The molecule has 0 aliphatic rings. The number of hydrogen-bond acceptors (Lipinski definition) is 4. The maximum Gasteiger partial charge on any atom is 0.256 e. The fraction of sp³-hybridized carbons (Fsp3) is 0.118. The first kappa shape index (κ1) is 16.1. The zero-order valence-electron chi connectivity index (χ0n) is 12.8. The van der Waals surface area contributed by atoms with Crippen LogP contribution in [-0.2, 0) is 6.54 Å². The second-order valence-corrected chi connectivity index (χ2v) is 6.17. The summed E-state index contributed by atoms with van der Waals surface area (Å²) < 4.78 is 14.5. The molecule has 122 valence electrons. The smallest absolute Gasteiger partial charge is 0.256 e. The average Bonchev–Trinajstić information content (AvgIpc) is 3.19. The van der Waals surface area contributed by atoms with Crippen molar-refractivity contribution in [3.8, 4) is 0 Å². The number of nitrogens with zero attached hydrogens (tertiary/aromatic N) is 2. The number of hydrogen-bond donors (Lipinski definition) is 1. The largest absolute Gasteiger partial charge is 0.319 e. The molecule has 0 aliphatic heterocycles. The van der Waals surface area contributed by atoms with Crippen LogP contribution < -0.4 is 5.32 Å².